The van der Waals surface area contributed by atoms with Gasteiger partial charge in [-0.25, -0.2) is 10.5 Å². The molecular weight excluding hydrogens is 717 g/mol. The lowest BCUT2D eigenvalue weighted by Gasteiger charge is -2.12. The standard InChI is InChI=1S/C34H28N6O10S2/c1-45-31-17-28(30(41)16-29(31)39-37-24-6-2-20-14-26(51-49-47-43)10-3-19(20)12-24)38-40-33-32(52-50-48-44)15-21-13-23(7-11-27(21)34(33)42)36-18-46-25-8-4-22(35)5-9-25/h2-17,36,41-44H,18,35H2,1H3. The molecule has 52 heavy (non-hydrogen) atoms. The molecule has 0 spiro atoms. The number of anilines is 2. The number of rotatable bonds is 15. The van der Waals surface area contributed by atoms with Crippen molar-refractivity contribution in [2.45, 2.75) is 9.79 Å². The lowest BCUT2D eigenvalue weighted by molar-refractivity contribution is -0.432. The van der Waals surface area contributed by atoms with Crippen molar-refractivity contribution >= 4 is 79.8 Å². The van der Waals surface area contributed by atoms with Crippen LogP contribution in [0.15, 0.2) is 127 Å². The minimum Gasteiger partial charge on any atom is -0.506 e. The SMILES string of the molecule is COc1cc(N=Nc2c(SOOO)cc3cc(NCOc4ccc(N)cc4)ccc3c2O)c(O)cc1N=Nc1ccc2cc(SOOO)ccc2c1. The van der Waals surface area contributed by atoms with Crippen molar-refractivity contribution in [3.8, 4) is 23.0 Å². The molecule has 0 radical (unpaired) electrons. The number of phenols is 2. The number of benzene rings is 6. The molecule has 7 N–H and O–H groups in total. The smallest absolute Gasteiger partial charge is 0.159 e. The van der Waals surface area contributed by atoms with E-state index < -0.39 is 0 Å². The van der Waals surface area contributed by atoms with Gasteiger partial charge in [0.2, 0.25) is 0 Å². The third-order valence-electron chi connectivity index (χ3n) is 7.36. The number of phenolic OH excluding ortho intramolecular Hbond substituents is 2. The number of nitrogens with one attached hydrogen (secondary N) is 1. The fraction of sp³-hybridized carbons (Fsp3) is 0.0588. The highest BCUT2D eigenvalue weighted by Crippen LogP contribution is 2.46. The van der Waals surface area contributed by atoms with Crippen LogP contribution < -0.4 is 20.5 Å². The van der Waals surface area contributed by atoms with E-state index in [0.717, 1.165) is 22.8 Å². The topological polar surface area (TPSA) is 224 Å². The van der Waals surface area contributed by atoms with E-state index in [1.807, 2.05) is 24.3 Å². The summed E-state index contributed by atoms with van der Waals surface area (Å²) in [6.45, 7) is 0.161. The van der Waals surface area contributed by atoms with Crippen molar-refractivity contribution in [1.82, 2.24) is 0 Å². The zero-order chi connectivity index (χ0) is 36.5. The van der Waals surface area contributed by atoms with Gasteiger partial charge in [-0.1, -0.05) is 22.2 Å². The highest BCUT2D eigenvalue weighted by Gasteiger charge is 2.17. The maximum atomic E-state index is 11.2. The average Bonchev–Trinajstić information content (AvgIpc) is 3.16. The Morgan fingerprint density at radius 3 is 2.25 bits per heavy atom. The Hall–Kier alpha value is -5.70. The largest absolute Gasteiger partial charge is 0.506 e. The summed E-state index contributed by atoms with van der Waals surface area (Å²) in [6, 6.07) is 27.4. The number of aromatic hydroxyl groups is 2. The number of hydrogen-bond donors (Lipinski definition) is 6. The Morgan fingerprint density at radius 1 is 0.712 bits per heavy atom. The number of nitrogens with zero attached hydrogens (tertiary/aromatic N) is 4. The van der Waals surface area contributed by atoms with Gasteiger partial charge in [0, 0.05) is 33.8 Å². The molecule has 0 aliphatic carbocycles. The Labute approximate surface area is 303 Å². The third-order valence-corrected chi connectivity index (χ3v) is 8.56. The van der Waals surface area contributed by atoms with Crippen molar-refractivity contribution in [2.75, 3.05) is 24.9 Å². The number of nitrogen functional groups attached to an aromatic ring is 1. The molecule has 266 valence electrons. The molecule has 0 bridgehead atoms. The van der Waals surface area contributed by atoms with Crippen LogP contribution in [0, 0.1) is 0 Å². The van der Waals surface area contributed by atoms with Crippen LogP contribution in [-0.2, 0) is 18.7 Å². The molecule has 0 fully saturated rings. The normalized spacial score (nSPS) is 11.6. The number of hydrogen-bond acceptors (Lipinski definition) is 18. The van der Waals surface area contributed by atoms with Crippen LogP contribution in [0.3, 0.4) is 0 Å². The summed E-state index contributed by atoms with van der Waals surface area (Å²) in [7, 11) is 1.42. The fourth-order valence-corrected chi connectivity index (χ4v) is 5.81. The second kappa shape index (κ2) is 17.0. The van der Waals surface area contributed by atoms with E-state index in [-0.39, 0.29) is 45.9 Å². The number of nitrogens with two attached hydrogens (primary N) is 1. The molecule has 0 aliphatic rings. The third kappa shape index (κ3) is 8.77. The number of ether oxygens (including phenoxy) is 2. The molecule has 6 aromatic rings. The molecule has 6 aromatic carbocycles. The molecule has 0 unspecified atom stereocenters. The van der Waals surface area contributed by atoms with E-state index in [1.54, 1.807) is 60.7 Å². The first-order chi connectivity index (χ1) is 25.3. The van der Waals surface area contributed by atoms with Crippen molar-refractivity contribution in [3.63, 3.8) is 0 Å². The zero-order valence-corrected chi connectivity index (χ0v) is 28.5. The van der Waals surface area contributed by atoms with Crippen LogP contribution in [0.1, 0.15) is 0 Å². The van der Waals surface area contributed by atoms with Crippen LogP contribution in [0.5, 0.6) is 23.0 Å². The molecule has 0 aliphatic heterocycles. The van der Waals surface area contributed by atoms with Gasteiger partial charge in [-0.05, 0) is 89.0 Å². The Bertz CT molecular complexity index is 2260. The molecule has 0 saturated carbocycles. The molecule has 16 nitrogen and oxygen atoms in total. The second-order valence-electron chi connectivity index (χ2n) is 10.6. The van der Waals surface area contributed by atoms with Crippen molar-refractivity contribution in [3.05, 3.63) is 97.1 Å². The highest BCUT2D eigenvalue weighted by atomic mass is 32.2. The van der Waals surface area contributed by atoms with Gasteiger partial charge in [-0.3, -0.25) is 0 Å². The Morgan fingerprint density at radius 2 is 1.46 bits per heavy atom. The van der Waals surface area contributed by atoms with Crippen LogP contribution in [0.25, 0.3) is 21.5 Å². The highest BCUT2D eigenvalue weighted by molar-refractivity contribution is 7.94. The maximum absolute atomic E-state index is 11.2. The monoisotopic (exact) mass is 744 g/mol. The summed E-state index contributed by atoms with van der Waals surface area (Å²) in [6.07, 6.45) is 0. The number of methoxy groups -OCH3 is 1. The molecule has 6 rings (SSSR count). The molecule has 0 amide bonds. The lowest BCUT2D eigenvalue weighted by atomic mass is 10.1. The summed E-state index contributed by atoms with van der Waals surface area (Å²) >= 11 is 1.43. The van der Waals surface area contributed by atoms with Crippen LogP contribution >= 0.6 is 24.1 Å². The van der Waals surface area contributed by atoms with E-state index in [2.05, 4.69) is 44.5 Å². The van der Waals surface area contributed by atoms with Gasteiger partial charge in [-0.15, -0.1) is 24.0 Å². The zero-order valence-electron chi connectivity index (χ0n) is 26.9. The van der Waals surface area contributed by atoms with Crippen LogP contribution in [0.2, 0.25) is 0 Å². The van der Waals surface area contributed by atoms with E-state index >= 15 is 0 Å². The van der Waals surface area contributed by atoms with Gasteiger partial charge in [0.25, 0.3) is 0 Å². The van der Waals surface area contributed by atoms with Crippen molar-refractivity contribution in [2.24, 2.45) is 20.5 Å². The average molecular weight is 745 g/mol. The predicted octanol–water partition coefficient (Wildman–Crippen LogP) is 10.1. The molecular formula is C34H28N6O10S2. The summed E-state index contributed by atoms with van der Waals surface area (Å²) in [5.74, 6) is 0.332. The first kappa shape index (κ1) is 36.1. The quantitative estimate of drug-likeness (QED) is 0.0144. The number of azo groups is 2. The molecule has 0 saturated heterocycles. The molecule has 0 aromatic heterocycles. The summed E-state index contributed by atoms with van der Waals surface area (Å²) in [5, 5.41) is 69.5. The Kier molecular flexibility index (Phi) is 11.8. The van der Waals surface area contributed by atoms with Gasteiger partial charge in [0.15, 0.2) is 12.5 Å². The maximum Gasteiger partial charge on any atom is 0.159 e. The summed E-state index contributed by atoms with van der Waals surface area (Å²) in [5.41, 5.74) is 7.76. The van der Waals surface area contributed by atoms with Gasteiger partial charge >= 0.3 is 0 Å². The van der Waals surface area contributed by atoms with E-state index in [1.165, 1.54) is 19.2 Å². The lowest BCUT2D eigenvalue weighted by Crippen LogP contribution is -2.08. The molecule has 0 heterocycles. The first-order valence-electron chi connectivity index (χ1n) is 14.9. The van der Waals surface area contributed by atoms with Gasteiger partial charge in [0.05, 0.1) is 41.8 Å². The second-order valence-corrected chi connectivity index (χ2v) is 12.1. The van der Waals surface area contributed by atoms with E-state index in [0.29, 0.717) is 50.5 Å². The van der Waals surface area contributed by atoms with Gasteiger partial charge in [-0.2, -0.15) is 5.11 Å². The minimum atomic E-state index is -0.294. The Balaban J connectivity index is 1.22. The van der Waals surface area contributed by atoms with Crippen molar-refractivity contribution in [1.29, 1.82) is 0 Å². The first-order valence-corrected chi connectivity index (χ1v) is 16.4. The summed E-state index contributed by atoms with van der Waals surface area (Å²) < 4.78 is 20.3. The van der Waals surface area contributed by atoms with Crippen LogP contribution in [-0.4, -0.2) is 34.6 Å². The fourth-order valence-electron chi connectivity index (χ4n) is 4.90. The van der Waals surface area contributed by atoms with Gasteiger partial charge < -0.3 is 30.7 Å². The van der Waals surface area contributed by atoms with Crippen LogP contribution in [0.4, 0.5) is 34.1 Å². The molecule has 18 heteroatoms. The predicted molar refractivity (Wildman–Crippen MR) is 194 cm³/mol. The van der Waals surface area contributed by atoms with E-state index in [9.17, 15) is 10.2 Å². The van der Waals surface area contributed by atoms with Gasteiger partial charge in [0.1, 0.15) is 34.3 Å². The number of fused-ring (bicyclic) bond motifs is 2. The summed E-state index contributed by atoms with van der Waals surface area (Å²) in [4.78, 5) is 0.944. The minimum absolute atomic E-state index is 0.00109. The van der Waals surface area contributed by atoms with E-state index in [4.69, 9.17) is 25.7 Å². The van der Waals surface area contributed by atoms with Crippen molar-refractivity contribution < 1.29 is 48.9 Å². The molecule has 0 atom stereocenters.